The van der Waals surface area contributed by atoms with Crippen molar-refractivity contribution >= 4 is 5.76 Å². The lowest BCUT2D eigenvalue weighted by atomic mass is 9.79. The second kappa shape index (κ2) is 8.49. The molecule has 3 aromatic carbocycles. The summed E-state index contributed by atoms with van der Waals surface area (Å²) in [5, 5.41) is 0. The third-order valence-electron chi connectivity index (χ3n) is 6.46. The van der Waals surface area contributed by atoms with Crippen LogP contribution in [0.25, 0.3) is 5.76 Å². The molecule has 1 fully saturated rings. The fourth-order valence-corrected chi connectivity index (χ4v) is 4.93. The molecule has 3 aromatic rings. The van der Waals surface area contributed by atoms with Crippen molar-refractivity contribution in [2.75, 3.05) is 19.6 Å². The van der Waals surface area contributed by atoms with Gasteiger partial charge in [0, 0.05) is 23.6 Å². The Morgan fingerprint density at radius 2 is 1.43 bits per heavy atom. The standard InChI is InChI=1S/C28H29NO/c1-21-12-6-7-15-23(21)27-24-16-8-9-17-26(24)30-28(22-13-4-2-5-14-22)25(27)20-29-18-10-3-11-19-29/h2,4-9,12-17,27H,3,10-11,18-20H2,1H3/t27-/m0/s1. The predicted octanol–water partition coefficient (Wildman–Crippen LogP) is 6.42. The fraction of sp³-hybridized carbons (Fsp3) is 0.286. The van der Waals surface area contributed by atoms with Gasteiger partial charge in [-0.1, -0.05) is 79.2 Å². The summed E-state index contributed by atoms with van der Waals surface area (Å²) in [5.74, 6) is 2.23. The van der Waals surface area contributed by atoms with Crippen LogP contribution in [0.3, 0.4) is 0 Å². The molecule has 0 bridgehead atoms. The van der Waals surface area contributed by atoms with Gasteiger partial charge >= 0.3 is 0 Å². The van der Waals surface area contributed by atoms with Crippen LogP contribution in [0, 0.1) is 6.92 Å². The number of fused-ring (bicyclic) bond motifs is 1. The van der Waals surface area contributed by atoms with Gasteiger partial charge in [-0.05, 0) is 55.6 Å². The highest BCUT2D eigenvalue weighted by atomic mass is 16.5. The van der Waals surface area contributed by atoms with E-state index in [0.29, 0.717) is 0 Å². The molecule has 2 nitrogen and oxygen atoms in total. The summed E-state index contributed by atoms with van der Waals surface area (Å²) < 4.78 is 6.62. The van der Waals surface area contributed by atoms with E-state index in [9.17, 15) is 0 Å². The average molecular weight is 396 g/mol. The molecular weight excluding hydrogens is 366 g/mol. The van der Waals surface area contributed by atoms with Crippen LogP contribution in [0.1, 0.15) is 47.4 Å². The Labute approximate surface area is 179 Å². The summed E-state index contributed by atoms with van der Waals surface area (Å²) in [7, 11) is 0. The number of ether oxygens (including phenoxy) is 1. The number of benzene rings is 3. The van der Waals surface area contributed by atoms with E-state index in [2.05, 4.69) is 90.7 Å². The van der Waals surface area contributed by atoms with Gasteiger partial charge in [0.2, 0.25) is 0 Å². The Hall–Kier alpha value is -2.84. The quantitative estimate of drug-likeness (QED) is 0.506. The van der Waals surface area contributed by atoms with E-state index in [1.807, 2.05) is 0 Å². The monoisotopic (exact) mass is 395 g/mol. The normalized spacial score (nSPS) is 19.3. The first-order valence-corrected chi connectivity index (χ1v) is 11.1. The number of hydrogen-bond donors (Lipinski definition) is 0. The zero-order valence-electron chi connectivity index (χ0n) is 17.7. The minimum atomic E-state index is 0.216. The van der Waals surface area contributed by atoms with Crippen molar-refractivity contribution in [2.45, 2.75) is 32.1 Å². The molecule has 0 spiro atoms. The number of likely N-dealkylation sites (tertiary alicyclic amines) is 1. The van der Waals surface area contributed by atoms with Gasteiger partial charge in [0.05, 0.1) is 0 Å². The molecule has 0 aliphatic carbocycles. The van der Waals surface area contributed by atoms with Crippen molar-refractivity contribution < 1.29 is 4.74 Å². The molecule has 5 rings (SSSR count). The molecule has 2 aliphatic heterocycles. The largest absolute Gasteiger partial charge is 0.456 e. The van der Waals surface area contributed by atoms with E-state index in [-0.39, 0.29) is 5.92 Å². The Kier molecular flexibility index (Phi) is 5.42. The predicted molar refractivity (Wildman–Crippen MR) is 124 cm³/mol. The van der Waals surface area contributed by atoms with E-state index in [1.165, 1.54) is 54.6 Å². The lowest BCUT2D eigenvalue weighted by Crippen LogP contribution is -2.34. The molecule has 30 heavy (non-hydrogen) atoms. The van der Waals surface area contributed by atoms with Crippen LogP contribution in [0.2, 0.25) is 0 Å². The molecule has 0 amide bonds. The van der Waals surface area contributed by atoms with Crippen LogP contribution in [-0.4, -0.2) is 24.5 Å². The lowest BCUT2D eigenvalue weighted by molar-refractivity contribution is 0.242. The van der Waals surface area contributed by atoms with Gasteiger partial charge in [-0.3, -0.25) is 4.90 Å². The first-order valence-electron chi connectivity index (χ1n) is 11.1. The Balaban J connectivity index is 1.70. The summed E-state index contributed by atoms with van der Waals surface area (Å²) in [6, 6.07) is 28.0. The van der Waals surface area contributed by atoms with Crippen LogP contribution in [0.15, 0.2) is 84.4 Å². The number of aryl methyl sites for hydroxylation is 1. The van der Waals surface area contributed by atoms with Crippen molar-refractivity contribution in [1.82, 2.24) is 4.90 Å². The topological polar surface area (TPSA) is 12.5 Å². The molecule has 2 aliphatic rings. The molecule has 2 heteroatoms. The van der Waals surface area contributed by atoms with E-state index in [1.54, 1.807) is 0 Å². The molecule has 152 valence electrons. The highest BCUT2D eigenvalue weighted by Crippen LogP contribution is 2.46. The van der Waals surface area contributed by atoms with Crippen molar-refractivity contribution in [3.63, 3.8) is 0 Å². The van der Waals surface area contributed by atoms with Gasteiger partial charge in [0.25, 0.3) is 0 Å². The highest BCUT2D eigenvalue weighted by Gasteiger charge is 2.33. The van der Waals surface area contributed by atoms with Gasteiger partial charge in [0.1, 0.15) is 11.5 Å². The van der Waals surface area contributed by atoms with Crippen molar-refractivity contribution in [3.05, 3.63) is 107 Å². The van der Waals surface area contributed by atoms with E-state index in [0.717, 1.165) is 23.6 Å². The van der Waals surface area contributed by atoms with Crippen molar-refractivity contribution in [1.29, 1.82) is 0 Å². The molecule has 0 radical (unpaired) electrons. The summed E-state index contributed by atoms with van der Waals surface area (Å²) >= 11 is 0. The van der Waals surface area contributed by atoms with Crippen LogP contribution in [-0.2, 0) is 0 Å². The Bertz CT molecular complexity index is 1050. The Morgan fingerprint density at radius 3 is 2.20 bits per heavy atom. The van der Waals surface area contributed by atoms with Crippen LogP contribution in [0.5, 0.6) is 5.75 Å². The number of nitrogens with zero attached hydrogens (tertiary/aromatic N) is 1. The van der Waals surface area contributed by atoms with Gasteiger partial charge in [0.15, 0.2) is 0 Å². The molecule has 1 saturated heterocycles. The highest BCUT2D eigenvalue weighted by molar-refractivity contribution is 5.73. The van der Waals surface area contributed by atoms with Gasteiger partial charge in [-0.2, -0.15) is 0 Å². The van der Waals surface area contributed by atoms with E-state index < -0.39 is 0 Å². The molecular formula is C28H29NO. The second-order valence-electron chi connectivity index (χ2n) is 8.49. The average Bonchev–Trinajstić information content (AvgIpc) is 2.80. The number of para-hydroxylation sites is 1. The molecule has 0 unspecified atom stereocenters. The summed E-state index contributed by atoms with van der Waals surface area (Å²) in [5.41, 5.74) is 6.55. The second-order valence-corrected chi connectivity index (χ2v) is 8.49. The van der Waals surface area contributed by atoms with Crippen LogP contribution in [0.4, 0.5) is 0 Å². The van der Waals surface area contributed by atoms with E-state index >= 15 is 0 Å². The van der Waals surface area contributed by atoms with Crippen LogP contribution < -0.4 is 4.74 Å². The summed E-state index contributed by atoms with van der Waals surface area (Å²) in [4.78, 5) is 2.62. The lowest BCUT2D eigenvalue weighted by Gasteiger charge is -2.36. The zero-order chi connectivity index (χ0) is 20.3. The van der Waals surface area contributed by atoms with Crippen molar-refractivity contribution in [2.24, 2.45) is 0 Å². The Morgan fingerprint density at radius 1 is 0.767 bits per heavy atom. The number of hydrogen-bond acceptors (Lipinski definition) is 2. The zero-order valence-corrected chi connectivity index (χ0v) is 17.7. The third-order valence-corrected chi connectivity index (χ3v) is 6.46. The fourth-order valence-electron chi connectivity index (χ4n) is 4.93. The first-order chi connectivity index (χ1) is 14.8. The van der Waals surface area contributed by atoms with E-state index in [4.69, 9.17) is 4.74 Å². The summed E-state index contributed by atoms with van der Waals surface area (Å²) in [6.07, 6.45) is 3.93. The molecule has 1 atom stereocenters. The molecule has 0 saturated carbocycles. The molecule has 2 heterocycles. The minimum Gasteiger partial charge on any atom is -0.456 e. The summed E-state index contributed by atoms with van der Waals surface area (Å²) in [6.45, 7) is 5.53. The SMILES string of the molecule is Cc1ccccc1[C@@H]1C(CN2CCCCC2)=C(c2ccccc2)Oc2ccccc21. The maximum Gasteiger partial charge on any atom is 0.136 e. The third kappa shape index (κ3) is 3.68. The smallest absolute Gasteiger partial charge is 0.136 e. The number of rotatable bonds is 4. The minimum absolute atomic E-state index is 0.216. The van der Waals surface area contributed by atoms with Crippen molar-refractivity contribution in [3.8, 4) is 5.75 Å². The van der Waals surface area contributed by atoms with Gasteiger partial charge < -0.3 is 4.74 Å². The molecule has 0 N–H and O–H groups in total. The number of piperidine rings is 1. The van der Waals surface area contributed by atoms with Crippen LogP contribution >= 0.6 is 0 Å². The van der Waals surface area contributed by atoms with Gasteiger partial charge in [-0.15, -0.1) is 0 Å². The molecule has 0 aromatic heterocycles. The maximum absolute atomic E-state index is 6.62. The maximum atomic E-state index is 6.62. The first kappa shape index (κ1) is 19.1. The van der Waals surface area contributed by atoms with Gasteiger partial charge in [-0.25, -0.2) is 0 Å².